The Bertz CT molecular complexity index is 1640. The van der Waals surface area contributed by atoms with E-state index in [0.29, 0.717) is 11.1 Å². The van der Waals surface area contributed by atoms with E-state index in [0.717, 1.165) is 80.3 Å². The zero-order valence-corrected chi connectivity index (χ0v) is 22.3. The van der Waals surface area contributed by atoms with Crippen molar-refractivity contribution in [3.05, 3.63) is 71.8 Å². The molecule has 192 valence electrons. The number of methoxy groups -OCH3 is 2. The Hall–Kier alpha value is -4.12. The van der Waals surface area contributed by atoms with Crippen LogP contribution in [0.3, 0.4) is 0 Å². The topological polar surface area (TPSA) is 55.8 Å². The SMILES string of the molecule is CCCC(CCC)N1C(=O)c2c(c3ccc4ccc(OC)cc4c3c3c2ccc2ccc(OC)cc23)C1=O. The predicted molar refractivity (Wildman–Crippen MR) is 154 cm³/mol. The molecule has 5 aromatic carbocycles. The van der Waals surface area contributed by atoms with Gasteiger partial charge in [0.2, 0.25) is 0 Å². The molecule has 0 N–H and O–H groups in total. The van der Waals surface area contributed by atoms with Gasteiger partial charge in [-0.1, -0.05) is 63.1 Å². The highest BCUT2D eigenvalue weighted by Gasteiger charge is 2.42. The molecule has 0 fully saturated rings. The summed E-state index contributed by atoms with van der Waals surface area (Å²) in [5, 5.41) is 7.59. The summed E-state index contributed by atoms with van der Waals surface area (Å²) < 4.78 is 11.2. The molecule has 5 aromatic rings. The second-order valence-corrected chi connectivity index (χ2v) is 10.1. The Balaban J connectivity index is 1.81. The summed E-state index contributed by atoms with van der Waals surface area (Å²) in [5.74, 6) is 1.12. The first-order valence-electron chi connectivity index (χ1n) is 13.4. The molecule has 0 saturated carbocycles. The van der Waals surface area contributed by atoms with Crippen LogP contribution in [-0.4, -0.2) is 37.0 Å². The number of ether oxygens (including phenoxy) is 2. The van der Waals surface area contributed by atoms with Gasteiger partial charge in [0.05, 0.1) is 25.3 Å². The molecule has 2 amide bonds. The van der Waals surface area contributed by atoms with Gasteiger partial charge in [-0.3, -0.25) is 14.5 Å². The van der Waals surface area contributed by atoms with E-state index in [2.05, 4.69) is 13.8 Å². The van der Waals surface area contributed by atoms with E-state index in [9.17, 15) is 9.59 Å². The first-order valence-corrected chi connectivity index (χ1v) is 13.4. The molecular weight excluding hydrogens is 474 g/mol. The smallest absolute Gasteiger partial charge is 0.262 e. The van der Waals surface area contributed by atoms with E-state index in [1.807, 2.05) is 60.7 Å². The molecular formula is C33H31NO4. The van der Waals surface area contributed by atoms with E-state index in [1.165, 1.54) is 0 Å². The van der Waals surface area contributed by atoms with E-state index in [1.54, 1.807) is 19.1 Å². The number of hydrogen-bond acceptors (Lipinski definition) is 4. The predicted octanol–water partition coefficient (Wildman–Crippen LogP) is 7.88. The Morgan fingerprint density at radius 1 is 0.632 bits per heavy atom. The normalized spacial score (nSPS) is 13.4. The van der Waals surface area contributed by atoms with Crippen LogP contribution in [-0.2, 0) is 0 Å². The molecule has 0 saturated heterocycles. The summed E-state index contributed by atoms with van der Waals surface area (Å²) in [6.45, 7) is 4.20. The van der Waals surface area contributed by atoms with Crippen molar-refractivity contribution in [2.24, 2.45) is 0 Å². The summed E-state index contributed by atoms with van der Waals surface area (Å²) in [6.07, 6.45) is 3.42. The summed E-state index contributed by atoms with van der Waals surface area (Å²) in [6, 6.07) is 20.0. The molecule has 0 bridgehead atoms. The van der Waals surface area contributed by atoms with Crippen LogP contribution >= 0.6 is 0 Å². The summed E-state index contributed by atoms with van der Waals surface area (Å²) in [7, 11) is 3.31. The standard InChI is InChI=1S/C33H31NO4/c1-5-7-21(8-6-2)34-32(35)30-24-15-11-19-9-13-22(37-3)17-26(19)28(24)29-25(31(30)33(34)36)16-12-20-10-14-23(38-4)18-27(20)29/h9-18,21H,5-8H2,1-4H3. The zero-order chi connectivity index (χ0) is 26.6. The maximum absolute atomic E-state index is 14.1. The van der Waals surface area contributed by atoms with Crippen LogP contribution in [0.1, 0.15) is 60.2 Å². The highest BCUT2D eigenvalue weighted by molar-refractivity contribution is 6.39. The van der Waals surface area contributed by atoms with Crippen molar-refractivity contribution in [3.8, 4) is 11.5 Å². The van der Waals surface area contributed by atoms with Crippen LogP contribution in [0.25, 0.3) is 43.1 Å². The van der Waals surface area contributed by atoms with Crippen molar-refractivity contribution in [1.82, 2.24) is 4.90 Å². The third kappa shape index (κ3) is 3.45. The molecule has 1 heterocycles. The van der Waals surface area contributed by atoms with E-state index < -0.39 is 0 Å². The Morgan fingerprint density at radius 2 is 1.05 bits per heavy atom. The zero-order valence-electron chi connectivity index (χ0n) is 22.3. The highest BCUT2D eigenvalue weighted by atomic mass is 16.5. The largest absolute Gasteiger partial charge is 0.497 e. The molecule has 1 aliphatic rings. The number of carbonyl (C=O) groups excluding carboxylic acids is 2. The van der Waals surface area contributed by atoms with Crippen molar-refractivity contribution >= 4 is 54.9 Å². The second kappa shape index (κ2) is 9.32. The molecule has 38 heavy (non-hydrogen) atoms. The van der Waals surface area contributed by atoms with E-state index in [4.69, 9.17) is 9.47 Å². The Morgan fingerprint density at radius 3 is 1.45 bits per heavy atom. The number of carbonyl (C=O) groups is 2. The first-order chi connectivity index (χ1) is 18.5. The third-order valence-corrected chi connectivity index (χ3v) is 7.97. The van der Waals surface area contributed by atoms with Crippen LogP contribution in [0.4, 0.5) is 0 Å². The maximum atomic E-state index is 14.1. The molecule has 0 aromatic heterocycles. The van der Waals surface area contributed by atoms with Gasteiger partial charge in [-0.2, -0.15) is 0 Å². The molecule has 0 aliphatic carbocycles. The number of nitrogens with zero attached hydrogens (tertiary/aromatic N) is 1. The quantitative estimate of drug-likeness (QED) is 0.167. The fourth-order valence-electron chi connectivity index (χ4n) is 6.25. The minimum Gasteiger partial charge on any atom is -0.497 e. The Kier molecular flexibility index (Phi) is 5.94. The van der Waals surface area contributed by atoms with Crippen molar-refractivity contribution in [1.29, 1.82) is 0 Å². The van der Waals surface area contributed by atoms with Gasteiger partial charge in [0.25, 0.3) is 11.8 Å². The van der Waals surface area contributed by atoms with Crippen molar-refractivity contribution in [3.63, 3.8) is 0 Å². The van der Waals surface area contributed by atoms with Crippen LogP contribution in [0.15, 0.2) is 60.7 Å². The number of hydrogen-bond donors (Lipinski definition) is 0. The number of amides is 2. The van der Waals surface area contributed by atoms with Gasteiger partial charge in [-0.15, -0.1) is 0 Å². The van der Waals surface area contributed by atoms with Gasteiger partial charge >= 0.3 is 0 Å². The lowest BCUT2D eigenvalue weighted by Crippen LogP contribution is -2.39. The monoisotopic (exact) mass is 505 g/mol. The molecule has 6 rings (SSSR count). The van der Waals surface area contributed by atoms with Gasteiger partial charge in [0, 0.05) is 6.04 Å². The minimum atomic E-state index is -0.184. The van der Waals surface area contributed by atoms with Crippen LogP contribution < -0.4 is 9.47 Å². The van der Waals surface area contributed by atoms with Gasteiger partial charge in [0.1, 0.15) is 11.5 Å². The van der Waals surface area contributed by atoms with Crippen molar-refractivity contribution < 1.29 is 19.1 Å². The molecule has 5 heteroatoms. The molecule has 5 nitrogen and oxygen atoms in total. The average Bonchev–Trinajstić information content (AvgIpc) is 3.21. The van der Waals surface area contributed by atoms with E-state index >= 15 is 0 Å². The minimum absolute atomic E-state index is 0.108. The van der Waals surface area contributed by atoms with E-state index in [-0.39, 0.29) is 17.9 Å². The molecule has 1 aliphatic heterocycles. The van der Waals surface area contributed by atoms with Gasteiger partial charge in [-0.05, 0) is 80.2 Å². The van der Waals surface area contributed by atoms with Crippen LogP contribution in [0, 0.1) is 0 Å². The first kappa shape index (κ1) is 24.2. The lowest BCUT2D eigenvalue weighted by molar-refractivity contribution is 0.0568. The molecule has 0 unspecified atom stereocenters. The van der Waals surface area contributed by atoms with Crippen LogP contribution in [0.2, 0.25) is 0 Å². The van der Waals surface area contributed by atoms with Gasteiger partial charge < -0.3 is 9.47 Å². The van der Waals surface area contributed by atoms with Crippen molar-refractivity contribution in [2.75, 3.05) is 14.2 Å². The fourth-order valence-corrected chi connectivity index (χ4v) is 6.25. The van der Waals surface area contributed by atoms with Crippen LogP contribution in [0.5, 0.6) is 11.5 Å². The summed E-state index contributed by atoms with van der Waals surface area (Å²) >= 11 is 0. The maximum Gasteiger partial charge on any atom is 0.262 e. The lowest BCUT2D eigenvalue weighted by Gasteiger charge is -2.25. The van der Waals surface area contributed by atoms with Gasteiger partial charge in [-0.25, -0.2) is 0 Å². The number of imide groups is 1. The fraction of sp³-hybridized carbons (Fsp3) is 0.273. The number of rotatable bonds is 7. The summed E-state index contributed by atoms with van der Waals surface area (Å²) in [4.78, 5) is 29.8. The Labute approximate surface area is 221 Å². The molecule has 0 spiro atoms. The number of fused-ring (bicyclic) bond motifs is 10. The average molecular weight is 506 g/mol. The highest BCUT2D eigenvalue weighted by Crippen LogP contribution is 2.45. The number of benzene rings is 5. The molecule has 0 atom stereocenters. The lowest BCUT2D eigenvalue weighted by atomic mass is 9.87. The van der Waals surface area contributed by atoms with Gasteiger partial charge in [0.15, 0.2) is 0 Å². The molecule has 0 radical (unpaired) electrons. The third-order valence-electron chi connectivity index (χ3n) is 7.97. The second-order valence-electron chi connectivity index (χ2n) is 10.1. The van der Waals surface area contributed by atoms with Crippen molar-refractivity contribution in [2.45, 2.75) is 45.6 Å². The summed E-state index contributed by atoms with van der Waals surface area (Å²) in [5.41, 5.74) is 1.03.